The molecule has 0 bridgehead atoms. The van der Waals surface area contributed by atoms with Gasteiger partial charge in [0.25, 0.3) is 0 Å². The summed E-state index contributed by atoms with van der Waals surface area (Å²) in [6, 6.07) is 19.2. The van der Waals surface area contributed by atoms with Gasteiger partial charge in [-0.3, -0.25) is 0 Å². The van der Waals surface area contributed by atoms with Crippen LogP contribution in [0.4, 0.5) is 0 Å². The molecule has 1 heteroatoms. The van der Waals surface area contributed by atoms with E-state index in [1.807, 2.05) is 0 Å². The van der Waals surface area contributed by atoms with Gasteiger partial charge in [-0.2, -0.15) is 0 Å². The largest absolute Gasteiger partial charge is 0.0648 e. The van der Waals surface area contributed by atoms with Crippen molar-refractivity contribution in [3.63, 3.8) is 0 Å². The van der Waals surface area contributed by atoms with Gasteiger partial charge >= 0.3 is 0 Å². The average molecular weight is 329 g/mol. The van der Waals surface area contributed by atoms with E-state index in [0.29, 0.717) is 5.92 Å². The lowest BCUT2D eigenvalue weighted by Gasteiger charge is -2.18. The van der Waals surface area contributed by atoms with Crippen LogP contribution in [-0.2, 0) is 0 Å². The lowest BCUT2D eigenvalue weighted by Crippen LogP contribution is -1.99. The van der Waals surface area contributed by atoms with Crippen molar-refractivity contribution in [2.45, 2.75) is 27.2 Å². The molecule has 0 aromatic heterocycles. The van der Waals surface area contributed by atoms with Crippen molar-refractivity contribution in [1.29, 1.82) is 0 Å². The SMILES string of the molecule is CC[C@H](C)/C(Br)=C(/c1ccccc1)c1ccccc1C. The molecular formula is C19H21Br. The summed E-state index contributed by atoms with van der Waals surface area (Å²) >= 11 is 3.86. The van der Waals surface area contributed by atoms with Crippen LogP contribution in [0, 0.1) is 12.8 Å². The molecule has 0 saturated carbocycles. The Balaban J connectivity index is 2.66. The second-order valence-corrected chi connectivity index (χ2v) is 6.07. The third-order valence-electron chi connectivity index (χ3n) is 3.76. The van der Waals surface area contributed by atoms with Crippen LogP contribution in [0.15, 0.2) is 59.1 Å². The van der Waals surface area contributed by atoms with Gasteiger partial charge in [0.15, 0.2) is 0 Å². The van der Waals surface area contributed by atoms with Crippen molar-refractivity contribution in [3.05, 3.63) is 75.8 Å². The van der Waals surface area contributed by atoms with Crippen molar-refractivity contribution in [1.82, 2.24) is 0 Å². The monoisotopic (exact) mass is 328 g/mol. The molecule has 0 saturated heterocycles. The predicted octanol–water partition coefficient (Wildman–Crippen LogP) is 6.20. The number of hydrogen-bond acceptors (Lipinski definition) is 0. The molecule has 0 heterocycles. The fourth-order valence-electron chi connectivity index (χ4n) is 2.31. The number of hydrogen-bond donors (Lipinski definition) is 0. The molecule has 1 atom stereocenters. The first-order valence-corrected chi connectivity index (χ1v) is 7.95. The van der Waals surface area contributed by atoms with E-state index in [1.165, 1.54) is 26.7 Å². The van der Waals surface area contributed by atoms with E-state index in [4.69, 9.17) is 0 Å². The van der Waals surface area contributed by atoms with Gasteiger partial charge in [-0.05, 0) is 41.5 Å². The fraction of sp³-hybridized carbons (Fsp3) is 0.263. The van der Waals surface area contributed by atoms with Crippen LogP contribution in [0.5, 0.6) is 0 Å². The summed E-state index contributed by atoms with van der Waals surface area (Å²) in [5.41, 5.74) is 5.21. The van der Waals surface area contributed by atoms with E-state index in [9.17, 15) is 0 Å². The molecule has 0 spiro atoms. The Morgan fingerprint density at radius 3 is 2.20 bits per heavy atom. The first-order chi connectivity index (χ1) is 9.65. The van der Waals surface area contributed by atoms with Crippen LogP contribution in [-0.4, -0.2) is 0 Å². The number of allylic oxidation sites excluding steroid dienone is 1. The maximum atomic E-state index is 3.86. The highest BCUT2D eigenvalue weighted by molar-refractivity contribution is 9.11. The highest BCUT2D eigenvalue weighted by Gasteiger charge is 2.15. The van der Waals surface area contributed by atoms with Gasteiger partial charge in [-0.15, -0.1) is 0 Å². The molecule has 0 amide bonds. The number of halogens is 1. The molecule has 0 radical (unpaired) electrons. The third-order valence-corrected chi connectivity index (χ3v) is 4.94. The Morgan fingerprint density at radius 2 is 1.60 bits per heavy atom. The fourth-order valence-corrected chi connectivity index (χ4v) is 3.07. The van der Waals surface area contributed by atoms with Crippen LogP contribution in [0.3, 0.4) is 0 Å². The van der Waals surface area contributed by atoms with E-state index < -0.39 is 0 Å². The van der Waals surface area contributed by atoms with Gasteiger partial charge in [0.05, 0.1) is 0 Å². The second kappa shape index (κ2) is 6.90. The van der Waals surface area contributed by atoms with E-state index in [1.54, 1.807) is 0 Å². The van der Waals surface area contributed by atoms with Gasteiger partial charge < -0.3 is 0 Å². The minimum Gasteiger partial charge on any atom is -0.0648 e. The van der Waals surface area contributed by atoms with Gasteiger partial charge in [0, 0.05) is 4.48 Å². The average Bonchev–Trinajstić information content (AvgIpc) is 2.49. The molecule has 2 aromatic carbocycles. The molecule has 0 nitrogen and oxygen atoms in total. The van der Waals surface area contributed by atoms with Gasteiger partial charge in [-0.1, -0.05) is 84.4 Å². The number of benzene rings is 2. The van der Waals surface area contributed by atoms with E-state index >= 15 is 0 Å². The molecule has 2 rings (SSSR count). The maximum Gasteiger partial charge on any atom is 0.00632 e. The lowest BCUT2D eigenvalue weighted by atomic mass is 9.91. The first-order valence-electron chi connectivity index (χ1n) is 7.16. The summed E-state index contributed by atoms with van der Waals surface area (Å²) in [5.74, 6) is 0.518. The standard InChI is InChI=1S/C19H21Br/c1-4-14(2)19(20)18(16-11-6-5-7-12-16)17-13-9-8-10-15(17)3/h5-14H,4H2,1-3H3/b19-18+/t14-/m0/s1. The molecule has 0 fully saturated rings. The maximum absolute atomic E-state index is 3.86. The number of aryl methyl sites for hydroxylation is 1. The molecule has 20 heavy (non-hydrogen) atoms. The van der Waals surface area contributed by atoms with Crippen molar-refractivity contribution in [2.24, 2.45) is 5.92 Å². The molecular weight excluding hydrogens is 308 g/mol. The van der Waals surface area contributed by atoms with Gasteiger partial charge in [0.1, 0.15) is 0 Å². The zero-order valence-electron chi connectivity index (χ0n) is 12.4. The van der Waals surface area contributed by atoms with Crippen molar-refractivity contribution in [3.8, 4) is 0 Å². The minimum atomic E-state index is 0.518. The normalized spacial score (nSPS) is 13.8. The van der Waals surface area contributed by atoms with Crippen molar-refractivity contribution < 1.29 is 0 Å². The summed E-state index contributed by atoms with van der Waals surface area (Å²) in [6.07, 6.45) is 1.13. The molecule has 0 unspecified atom stereocenters. The topological polar surface area (TPSA) is 0 Å². The molecule has 2 aromatic rings. The Bertz CT molecular complexity index is 596. The summed E-state index contributed by atoms with van der Waals surface area (Å²) < 4.78 is 1.29. The quantitative estimate of drug-likeness (QED) is 0.627. The highest BCUT2D eigenvalue weighted by atomic mass is 79.9. The lowest BCUT2D eigenvalue weighted by molar-refractivity contribution is 0.692. The second-order valence-electron chi connectivity index (χ2n) is 5.21. The molecule has 0 N–H and O–H groups in total. The summed E-state index contributed by atoms with van der Waals surface area (Å²) in [6.45, 7) is 6.67. The van der Waals surface area contributed by atoms with Crippen LogP contribution in [0.25, 0.3) is 5.57 Å². The zero-order chi connectivity index (χ0) is 14.5. The Labute approximate surface area is 130 Å². The van der Waals surface area contributed by atoms with E-state index in [2.05, 4.69) is 91.3 Å². The zero-order valence-corrected chi connectivity index (χ0v) is 13.9. The molecule has 0 aliphatic carbocycles. The van der Waals surface area contributed by atoms with E-state index in [0.717, 1.165) is 6.42 Å². The first kappa shape index (κ1) is 15.1. The highest BCUT2D eigenvalue weighted by Crippen LogP contribution is 2.36. The van der Waals surface area contributed by atoms with Gasteiger partial charge in [-0.25, -0.2) is 0 Å². The van der Waals surface area contributed by atoms with Crippen LogP contribution >= 0.6 is 15.9 Å². The Morgan fingerprint density at radius 1 is 1.00 bits per heavy atom. The minimum absolute atomic E-state index is 0.518. The Kier molecular flexibility index (Phi) is 5.19. The number of rotatable bonds is 4. The van der Waals surface area contributed by atoms with Crippen LogP contribution < -0.4 is 0 Å². The Hall–Kier alpha value is -1.34. The van der Waals surface area contributed by atoms with E-state index in [-0.39, 0.29) is 0 Å². The summed E-state index contributed by atoms with van der Waals surface area (Å²) in [5, 5.41) is 0. The van der Waals surface area contributed by atoms with Crippen LogP contribution in [0.2, 0.25) is 0 Å². The smallest absolute Gasteiger partial charge is 0.00632 e. The predicted molar refractivity (Wildman–Crippen MR) is 92.0 cm³/mol. The van der Waals surface area contributed by atoms with Crippen molar-refractivity contribution >= 4 is 21.5 Å². The van der Waals surface area contributed by atoms with Gasteiger partial charge in [0.2, 0.25) is 0 Å². The third kappa shape index (κ3) is 3.21. The van der Waals surface area contributed by atoms with Crippen LogP contribution in [0.1, 0.15) is 37.0 Å². The summed E-state index contributed by atoms with van der Waals surface area (Å²) in [4.78, 5) is 0. The van der Waals surface area contributed by atoms with Crippen molar-refractivity contribution in [2.75, 3.05) is 0 Å². The molecule has 0 aliphatic heterocycles. The molecule has 0 aliphatic rings. The summed E-state index contributed by atoms with van der Waals surface area (Å²) in [7, 11) is 0. The molecule has 104 valence electrons.